The highest BCUT2D eigenvalue weighted by Gasteiger charge is 2.26. The maximum Gasteiger partial charge on any atom is 0.251 e. The van der Waals surface area contributed by atoms with Crippen LogP contribution in [0, 0.1) is 0 Å². The zero-order valence-corrected chi connectivity index (χ0v) is 16.6. The largest absolute Gasteiger partial charge is 0.349 e. The van der Waals surface area contributed by atoms with Gasteiger partial charge in [0, 0.05) is 24.7 Å². The van der Waals surface area contributed by atoms with E-state index >= 15 is 0 Å². The molecule has 0 saturated carbocycles. The van der Waals surface area contributed by atoms with Crippen LogP contribution in [0.15, 0.2) is 29.2 Å². The van der Waals surface area contributed by atoms with Crippen molar-refractivity contribution in [3.8, 4) is 0 Å². The van der Waals surface area contributed by atoms with Crippen LogP contribution in [0.25, 0.3) is 0 Å². The van der Waals surface area contributed by atoms with Crippen molar-refractivity contribution in [2.45, 2.75) is 49.5 Å². The Morgan fingerprint density at radius 3 is 2.38 bits per heavy atom. The molecule has 0 radical (unpaired) electrons. The number of carbonyl (C=O) groups excluding carboxylic acids is 1. The first-order valence-electron chi connectivity index (χ1n) is 9.19. The molecule has 26 heavy (non-hydrogen) atoms. The van der Waals surface area contributed by atoms with Crippen LogP contribution < -0.4 is 10.6 Å². The highest BCUT2D eigenvalue weighted by Crippen LogP contribution is 2.21. The molecule has 0 spiro atoms. The summed E-state index contributed by atoms with van der Waals surface area (Å²) in [5.74, 6) is -0.195. The van der Waals surface area contributed by atoms with Gasteiger partial charge >= 0.3 is 0 Å². The van der Waals surface area contributed by atoms with E-state index in [4.69, 9.17) is 0 Å². The lowest BCUT2D eigenvalue weighted by Crippen LogP contribution is -2.42. The normalized spacial score (nSPS) is 20.0. The molecule has 2 fully saturated rings. The number of nitrogens with zero attached hydrogens (tertiary/aromatic N) is 1. The maximum absolute atomic E-state index is 12.9. The molecule has 3 rings (SSSR count). The molecule has 0 bridgehead atoms. The summed E-state index contributed by atoms with van der Waals surface area (Å²) in [5.41, 5.74) is 0.412. The Morgan fingerprint density at radius 1 is 1.08 bits per heavy atom. The van der Waals surface area contributed by atoms with E-state index in [2.05, 4.69) is 10.6 Å². The molecule has 0 atom stereocenters. The van der Waals surface area contributed by atoms with Gasteiger partial charge in [0.1, 0.15) is 0 Å². The van der Waals surface area contributed by atoms with Crippen LogP contribution in [-0.4, -0.2) is 50.9 Å². The minimum Gasteiger partial charge on any atom is -0.349 e. The molecule has 2 saturated heterocycles. The first kappa shape index (κ1) is 21.2. The smallest absolute Gasteiger partial charge is 0.251 e. The third kappa shape index (κ3) is 5.19. The zero-order valence-electron chi connectivity index (χ0n) is 14.9. The van der Waals surface area contributed by atoms with E-state index in [-0.39, 0.29) is 29.3 Å². The molecular weight excluding hydrogens is 374 g/mol. The molecule has 2 aliphatic heterocycles. The minimum atomic E-state index is -3.53. The van der Waals surface area contributed by atoms with E-state index in [0.29, 0.717) is 18.7 Å². The Morgan fingerprint density at radius 2 is 1.73 bits per heavy atom. The first-order chi connectivity index (χ1) is 12.1. The summed E-state index contributed by atoms with van der Waals surface area (Å²) in [6.07, 6.45) is 5.74. The van der Waals surface area contributed by atoms with Crippen LogP contribution in [0.5, 0.6) is 0 Å². The third-order valence-corrected chi connectivity index (χ3v) is 6.87. The predicted octanol–water partition coefficient (Wildman–Crippen LogP) is 2.15. The van der Waals surface area contributed by atoms with E-state index in [1.165, 1.54) is 6.07 Å². The standard InChI is InChI=1S/C18H27N3O3S.ClH/c22-18(20-16-8-10-19-11-9-16)15-6-5-7-17(14-15)25(23,24)21-12-3-1-2-4-13-21;/h5-7,14,16,19H,1-4,8-13H2,(H,20,22);1H. The Labute approximate surface area is 162 Å². The first-order valence-corrected chi connectivity index (χ1v) is 10.6. The fourth-order valence-electron chi connectivity index (χ4n) is 3.46. The molecule has 1 amide bonds. The molecule has 6 nitrogen and oxygen atoms in total. The van der Waals surface area contributed by atoms with Gasteiger partial charge in [0.2, 0.25) is 10.0 Å². The van der Waals surface area contributed by atoms with Crippen LogP contribution in [0.2, 0.25) is 0 Å². The van der Waals surface area contributed by atoms with Crippen LogP contribution in [-0.2, 0) is 10.0 Å². The number of carbonyl (C=O) groups is 1. The lowest BCUT2D eigenvalue weighted by Gasteiger charge is -2.24. The fraction of sp³-hybridized carbons (Fsp3) is 0.611. The molecule has 2 N–H and O–H groups in total. The van der Waals surface area contributed by atoms with Gasteiger partial charge in [-0.15, -0.1) is 12.4 Å². The second-order valence-corrected chi connectivity index (χ2v) is 8.78. The van der Waals surface area contributed by atoms with Crippen molar-refractivity contribution < 1.29 is 13.2 Å². The van der Waals surface area contributed by atoms with Crippen LogP contribution in [0.1, 0.15) is 48.9 Å². The van der Waals surface area contributed by atoms with Crippen molar-refractivity contribution in [3.63, 3.8) is 0 Å². The number of amides is 1. The van der Waals surface area contributed by atoms with Crippen molar-refractivity contribution >= 4 is 28.3 Å². The molecule has 0 unspecified atom stereocenters. The molecule has 1 aromatic carbocycles. The second kappa shape index (κ2) is 9.69. The van der Waals surface area contributed by atoms with Crippen LogP contribution in [0.3, 0.4) is 0 Å². The van der Waals surface area contributed by atoms with Gasteiger partial charge in [-0.3, -0.25) is 4.79 Å². The summed E-state index contributed by atoms with van der Waals surface area (Å²) in [6, 6.07) is 6.58. The topological polar surface area (TPSA) is 78.5 Å². The van der Waals surface area contributed by atoms with E-state index < -0.39 is 10.0 Å². The lowest BCUT2D eigenvalue weighted by atomic mass is 10.1. The van der Waals surface area contributed by atoms with Crippen molar-refractivity contribution in [1.82, 2.24) is 14.9 Å². The summed E-state index contributed by atoms with van der Waals surface area (Å²) in [6.45, 7) is 2.92. The maximum atomic E-state index is 12.9. The summed E-state index contributed by atoms with van der Waals surface area (Å²) in [7, 11) is -3.53. The number of hydrogen-bond donors (Lipinski definition) is 2. The number of piperidine rings is 1. The number of sulfonamides is 1. The fourth-order valence-corrected chi connectivity index (χ4v) is 5.03. The number of rotatable bonds is 4. The Bertz CT molecular complexity index is 697. The molecule has 8 heteroatoms. The average Bonchev–Trinajstić information content (AvgIpc) is 2.93. The summed E-state index contributed by atoms with van der Waals surface area (Å²) in [4.78, 5) is 12.7. The summed E-state index contributed by atoms with van der Waals surface area (Å²) < 4.78 is 27.3. The van der Waals surface area contributed by atoms with Gasteiger partial charge in [-0.2, -0.15) is 4.31 Å². The van der Waals surface area contributed by atoms with Gasteiger partial charge in [0.25, 0.3) is 5.91 Å². The molecule has 146 valence electrons. The monoisotopic (exact) mass is 401 g/mol. The van der Waals surface area contributed by atoms with Gasteiger partial charge < -0.3 is 10.6 Å². The highest BCUT2D eigenvalue weighted by atomic mass is 35.5. The van der Waals surface area contributed by atoms with Crippen molar-refractivity contribution in [1.29, 1.82) is 0 Å². The second-order valence-electron chi connectivity index (χ2n) is 6.84. The predicted molar refractivity (Wildman–Crippen MR) is 104 cm³/mol. The Balaban J connectivity index is 0.00000243. The number of halogens is 1. The summed E-state index contributed by atoms with van der Waals surface area (Å²) >= 11 is 0. The average molecular weight is 402 g/mol. The van der Waals surface area contributed by atoms with Gasteiger partial charge in [-0.1, -0.05) is 18.9 Å². The molecule has 0 aromatic heterocycles. The molecular formula is C18H28ClN3O3S. The minimum absolute atomic E-state index is 0. The van der Waals surface area contributed by atoms with Gasteiger partial charge in [0.05, 0.1) is 4.90 Å². The van der Waals surface area contributed by atoms with Crippen LogP contribution >= 0.6 is 12.4 Å². The van der Waals surface area contributed by atoms with Crippen molar-refractivity contribution in [2.75, 3.05) is 26.2 Å². The number of nitrogens with one attached hydrogen (secondary N) is 2. The third-order valence-electron chi connectivity index (χ3n) is 4.97. The van der Waals surface area contributed by atoms with Crippen molar-refractivity contribution in [2.24, 2.45) is 0 Å². The number of hydrogen-bond acceptors (Lipinski definition) is 4. The van der Waals surface area contributed by atoms with E-state index in [1.54, 1.807) is 22.5 Å². The van der Waals surface area contributed by atoms with Gasteiger partial charge in [-0.05, 0) is 57.0 Å². The molecule has 0 aliphatic carbocycles. The SMILES string of the molecule is Cl.O=C(NC1CCNCC1)c1cccc(S(=O)(=O)N2CCCCCC2)c1. The Kier molecular flexibility index (Phi) is 7.88. The Hall–Kier alpha value is -1.15. The quantitative estimate of drug-likeness (QED) is 0.810. The molecule has 1 aromatic rings. The summed E-state index contributed by atoms with van der Waals surface area (Å²) in [5, 5.41) is 6.28. The van der Waals surface area contributed by atoms with Gasteiger partial charge in [-0.25, -0.2) is 8.42 Å². The molecule has 2 heterocycles. The van der Waals surface area contributed by atoms with Gasteiger partial charge in [0.15, 0.2) is 0 Å². The number of benzene rings is 1. The molecule has 2 aliphatic rings. The highest BCUT2D eigenvalue weighted by molar-refractivity contribution is 7.89. The zero-order chi connectivity index (χ0) is 17.7. The lowest BCUT2D eigenvalue weighted by molar-refractivity contribution is 0.0929. The van der Waals surface area contributed by atoms with Crippen LogP contribution in [0.4, 0.5) is 0 Å². The van der Waals surface area contributed by atoms with E-state index in [9.17, 15) is 13.2 Å². The van der Waals surface area contributed by atoms with E-state index in [0.717, 1.165) is 51.6 Å². The van der Waals surface area contributed by atoms with E-state index in [1.807, 2.05) is 0 Å². The van der Waals surface area contributed by atoms with Crippen molar-refractivity contribution in [3.05, 3.63) is 29.8 Å².